The summed E-state index contributed by atoms with van der Waals surface area (Å²) in [5.41, 5.74) is 14.2. The zero-order chi connectivity index (χ0) is 47.5. The number of nitrogens with one attached hydrogen (secondary N) is 5. The highest BCUT2D eigenvalue weighted by Gasteiger charge is 2.39. The van der Waals surface area contributed by atoms with Gasteiger partial charge in [0.05, 0.1) is 4.90 Å². The molecule has 0 spiro atoms. The molecule has 5 aromatic rings. The fourth-order valence-corrected chi connectivity index (χ4v) is 9.75. The predicted octanol–water partition coefficient (Wildman–Crippen LogP) is 2.51. The monoisotopic (exact) mass is 922 g/mol. The number of H-pyrrole nitrogens is 1. The molecule has 0 saturated carbocycles. The molecule has 1 aliphatic heterocycles. The van der Waals surface area contributed by atoms with Crippen molar-refractivity contribution in [2.45, 2.75) is 87.0 Å². The number of guanidine groups is 1. The number of nitrogens with zero attached hydrogens (tertiary/aromatic N) is 3. The fourth-order valence-electron chi connectivity index (χ4n) is 8.30. The number of carbonyl (C=O) groups is 5. The molecule has 2 heterocycles. The van der Waals surface area contributed by atoms with Gasteiger partial charge in [0.25, 0.3) is 0 Å². The van der Waals surface area contributed by atoms with E-state index >= 15 is 0 Å². The van der Waals surface area contributed by atoms with Gasteiger partial charge in [-0.1, -0.05) is 72.8 Å². The average molecular weight is 923 g/mol. The van der Waals surface area contributed by atoms with Crippen LogP contribution in [0.1, 0.15) is 50.2 Å². The Bertz CT molecular complexity index is 2690. The van der Waals surface area contributed by atoms with Crippen LogP contribution >= 0.6 is 0 Å². The number of aliphatic imine (C=N–C) groups is 1. The van der Waals surface area contributed by atoms with Gasteiger partial charge in [-0.05, 0) is 74.8 Å². The largest absolute Gasteiger partial charge is 0.480 e. The van der Waals surface area contributed by atoms with Gasteiger partial charge in [0.2, 0.25) is 33.7 Å². The number of aromatic amines is 1. The first-order valence-electron chi connectivity index (χ1n) is 21.8. The maximum Gasteiger partial charge on any atom is 0.326 e. The number of carbonyl (C=O) groups excluding carboxylic acids is 4. The van der Waals surface area contributed by atoms with Crippen LogP contribution in [0.5, 0.6) is 0 Å². The van der Waals surface area contributed by atoms with E-state index in [1.807, 2.05) is 85.7 Å². The van der Waals surface area contributed by atoms with Crippen LogP contribution in [0.3, 0.4) is 0 Å². The number of hydrogen-bond acceptors (Lipinski definition) is 9. The van der Waals surface area contributed by atoms with Crippen molar-refractivity contribution in [3.63, 3.8) is 0 Å². The van der Waals surface area contributed by atoms with E-state index in [0.29, 0.717) is 29.2 Å². The number of nitrogens with two attached hydrogens (primary N) is 2. The Morgan fingerprint density at radius 2 is 1.52 bits per heavy atom. The quantitative estimate of drug-likeness (QED) is 0.0301. The molecule has 0 unspecified atom stereocenters. The summed E-state index contributed by atoms with van der Waals surface area (Å²) in [7, 11) is -0.634. The number of sulfonamides is 1. The van der Waals surface area contributed by atoms with Crippen LogP contribution in [-0.2, 0) is 46.8 Å². The first kappa shape index (κ1) is 48.5. The van der Waals surface area contributed by atoms with Crippen molar-refractivity contribution in [3.8, 4) is 0 Å². The summed E-state index contributed by atoms with van der Waals surface area (Å²) in [6.45, 7) is 1.75. The number of benzene rings is 4. The van der Waals surface area contributed by atoms with Crippen molar-refractivity contribution >= 4 is 72.9 Å². The van der Waals surface area contributed by atoms with Crippen LogP contribution in [0.15, 0.2) is 107 Å². The molecular formula is C47H58N10O8S. The summed E-state index contributed by atoms with van der Waals surface area (Å²) in [5, 5.41) is 20.1. The lowest BCUT2D eigenvalue weighted by atomic mass is 10.0. The Balaban J connectivity index is 1.18. The van der Waals surface area contributed by atoms with E-state index in [2.05, 4.69) is 30.6 Å². The first-order valence-corrected chi connectivity index (χ1v) is 23.3. The Labute approximate surface area is 383 Å². The molecule has 0 radical (unpaired) electrons. The zero-order valence-electron chi connectivity index (χ0n) is 37.2. The Morgan fingerprint density at radius 1 is 0.833 bits per heavy atom. The molecule has 6 rings (SSSR count). The van der Waals surface area contributed by atoms with Gasteiger partial charge in [0.1, 0.15) is 30.2 Å². The second-order valence-electron chi connectivity index (χ2n) is 16.6. The topological polar surface area (TPSA) is 275 Å². The second-order valence-corrected chi connectivity index (χ2v) is 18.3. The molecule has 0 bridgehead atoms. The predicted molar refractivity (Wildman–Crippen MR) is 253 cm³/mol. The summed E-state index contributed by atoms with van der Waals surface area (Å²) in [5.74, 6) is -4.15. The third-order valence-electron chi connectivity index (χ3n) is 11.7. The normalized spacial score (nSPS) is 15.6. The maximum atomic E-state index is 14.3. The van der Waals surface area contributed by atoms with Crippen molar-refractivity contribution in [3.05, 3.63) is 108 Å². The van der Waals surface area contributed by atoms with Crippen LogP contribution in [0.4, 0.5) is 5.69 Å². The molecule has 1 aromatic heterocycles. The zero-order valence-corrected chi connectivity index (χ0v) is 38.0. The van der Waals surface area contributed by atoms with Crippen LogP contribution in [0, 0.1) is 0 Å². The van der Waals surface area contributed by atoms with E-state index in [1.54, 1.807) is 24.4 Å². The molecular weight excluding hydrogens is 865 g/mol. The van der Waals surface area contributed by atoms with E-state index in [0.717, 1.165) is 22.2 Å². The van der Waals surface area contributed by atoms with Crippen molar-refractivity contribution in [2.24, 2.45) is 16.5 Å². The van der Waals surface area contributed by atoms with E-state index in [9.17, 15) is 37.5 Å². The molecule has 350 valence electrons. The highest BCUT2D eigenvalue weighted by Crippen LogP contribution is 2.30. The molecule has 4 amide bonds. The number of carboxylic acid groups (broad SMARTS) is 1. The van der Waals surface area contributed by atoms with Crippen molar-refractivity contribution in [2.75, 3.05) is 32.1 Å². The molecule has 19 heteroatoms. The summed E-state index contributed by atoms with van der Waals surface area (Å²) in [4.78, 5) is 78.6. The molecule has 0 aliphatic carbocycles. The number of fused-ring (bicyclic) bond motifs is 2. The third kappa shape index (κ3) is 12.0. The number of anilines is 1. The van der Waals surface area contributed by atoms with Gasteiger partial charge in [-0.15, -0.1) is 0 Å². The van der Waals surface area contributed by atoms with E-state index in [1.165, 1.54) is 17.9 Å². The number of aromatic nitrogens is 1. The molecule has 5 atom stereocenters. The van der Waals surface area contributed by atoms with Gasteiger partial charge in [-0.2, -0.15) is 4.72 Å². The summed E-state index contributed by atoms with van der Waals surface area (Å²) >= 11 is 0. The lowest BCUT2D eigenvalue weighted by Crippen LogP contribution is -2.58. The lowest BCUT2D eigenvalue weighted by Gasteiger charge is -2.29. The van der Waals surface area contributed by atoms with E-state index in [4.69, 9.17) is 11.5 Å². The van der Waals surface area contributed by atoms with E-state index < -0.39 is 69.8 Å². The Morgan fingerprint density at radius 3 is 2.24 bits per heavy atom. The molecule has 4 aromatic carbocycles. The maximum absolute atomic E-state index is 14.3. The minimum Gasteiger partial charge on any atom is -0.480 e. The number of amides is 4. The van der Waals surface area contributed by atoms with Gasteiger partial charge < -0.3 is 47.3 Å². The highest BCUT2D eigenvalue weighted by atomic mass is 32.2. The SMILES string of the molecule is C[C@H](NC(=O)[C@H](CCCN=C(N)N)NC(=O)[C@@H](CCc1ccccc1)NS(=O)(=O)c1cccc2c(N(C)C)cccc12)C(=O)N1CCC[C@H]1C(=O)N[C@@H](Cc1c[nH]c2ccccc12)C(=O)O. The molecule has 1 aliphatic rings. The van der Waals surface area contributed by atoms with Crippen LogP contribution in [0.25, 0.3) is 21.7 Å². The third-order valence-corrected chi connectivity index (χ3v) is 13.2. The lowest BCUT2D eigenvalue weighted by molar-refractivity contribution is -0.144. The number of para-hydroxylation sites is 1. The van der Waals surface area contributed by atoms with Gasteiger partial charge in [-0.25, -0.2) is 13.2 Å². The van der Waals surface area contributed by atoms with Crippen molar-refractivity contribution in [1.82, 2.24) is 30.6 Å². The van der Waals surface area contributed by atoms with Gasteiger partial charge >= 0.3 is 5.97 Å². The summed E-state index contributed by atoms with van der Waals surface area (Å²) in [6, 6.07) is 20.8. The minimum atomic E-state index is -4.34. The molecule has 18 nitrogen and oxygen atoms in total. The number of aliphatic carboxylic acids is 1. The Hall–Kier alpha value is -6.99. The second kappa shape index (κ2) is 21.8. The Kier molecular flexibility index (Phi) is 16.0. The summed E-state index contributed by atoms with van der Waals surface area (Å²) in [6.07, 6.45) is 3.02. The number of likely N-dealkylation sites (tertiary alicyclic amines) is 1. The molecule has 10 N–H and O–H groups in total. The van der Waals surface area contributed by atoms with Crippen LogP contribution < -0.4 is 37.0 Å². The van der Waals surface area contributed by atoms with E-state index in [-0.39, 0.29) is 56.0 Å². The minimum absolute atomic E-state index is 0.00382. The smallest absolute Gasteiger partial charge is 0.326 e. The number of aryl methyl sites for hydroxylation is 1. The van der Waals surface area contributed by atoms with Crippen molar-refractivity contribution < 1.29 is 37.5 Å². The first-order chi connectivity index (χ1) is 31.5. The fraction of sp³-hybridized carbons (Fsp3) is 0.362. The highest BCUT2D eigenvalue weighted by molar-refractivity contribution is 7.89. The van der Waals surface area contributed by atoms with Gasteiger partial charge in [0, 0.05) is 67.2 Å². The van der Waals surface area contributed by atoms with Gasteiger partial charge in [0.15, 0.2) is 5.96 Å². The summed E-state index contributed by atoms with van der Waals surface area (Å²) < 4.78 is 31.1. The molecule has 66 heavy (non-hydrogen) atoms. The van der Waals surface area contributed by atoms with Crippen LogP contribution in [-0.4, -0.2) is 116 Å². The number of hydrogen-bond donors (Lipinski definition) is 8. The standard InChI is InChI=1S/C47H58N10O8S/c1-29(45(61)57-26-12-21-40(57)44(60)54-38(46(62)63)27-31-28-51-35-18-8-7-15-32(31)35)52-42(58)36(19-11-25-50-47(48)49)53-43(59)37(24-23-30-13-5-4-6-14-30)55-66(64,65)41-22-10-16-33-34(41)17-9-20-39(33)56(2)3/h4-10,13-18,20,22,28-29,36-38,40,51,55H,11-12,19,21,23-27H2,1-3H3,(H,52,58)(H,53,59)(H,54,60)(H,62,63)(H4,48,49,50)/t29-,36-,37+,38-,40-/m0/s1. The number of carboxylic acids is 1. The molecule has 1 saturated heterocycles. The number of rotatable bonds is 21. The van der Waals surface area contributed by atoms with Gasteiger partial charge in [-0.3, -0.25) is 24.2 Å². The average Bonchev–Trinajstić information content (AvgIpc) is 3.96. The molecule has 1 fully saturated rings. The van der Waals surface area contributed by atoms with Crippen molar-refractivity contribution in [1.29, 1.82) is 0 Å². The van der Waals surface area contributed by atoms with Crippen LogP contribution in [0.2, 0.25) is 0 Å².